The van der Waals surface area contributed by atoms with Crippen LogP contribution in [0.15, 0.2) is 66.7 Å². The van der Waals surface area contributed by atoms with Gasteiger partial charge in [0.1, 0.15) is 12.4 Å². The van der Waals surface area contributed by atoms with E-state index in [1.807, 2.05) is 53.1 Å². The molecule has 2 heterocycles. The van der Waals surface area contributed by atoms with E-state index in [9.17, 15) is 4.79 Å². The van der Waals surface area contributed by atoms with Crippen LogP contribution in [0, 0.1) is 0 Å². The average molecular weight is 420 g/mol. The predicted molar refractivity (Wildman–Crippen MR) is 115 cm³/mol. The summed E-state index contributed by atoms with van der Waals surface area (Å²) in [5, 5.41) is 3.61. The largest absolute Gasteiger partial charge is 0.454 e. The molecule has 150 valence electrons. The number of benzene rings is 3. The predicted octanol–water partition coefficient (Wildman–Crippen LogP) is 4.65. The molecular weight excluding hydrogens is 402 g/mol. The van der Waals surface area contributed by atoms with Crippen molar-refractivity contribution in [3.63, 3.8) is 0 Å². The van der Waals surface area contributed by atoms with Crippen molar-refractivity contribution in [1.29, 1.82) is 0 Å². The van der Waals surface area contributed by atoms with Gasteiger partial charge in [-0.05, 0) is 42.0 Å². The lowest BCUT2D eigenvalue weighted by molar-refractivity contribution is -0.116. The van der Waals surface area contributed by atoms with Gasteiger partial charge in [0, 0.05) is 23.2 Å². The zero-order valence-corrected chi connectivity index (χ0v) is 16.7. The lowest BCUT2D eigenvalue weighted by Crippen LogP contribution is -2.20. The molecule has 0 unspecified atom stereocenters. The number of imidazole rings is 1. The molecule has 1 aliphatic heterocycles. The van der Waals surface area contributed by atoms with Gasteiger partial charge < -0.3 is 19.4 Å². The number of halogens is 1. The molecular formula is C23H18ClN3O3. The number of nitrogens with zero attached hydrogens (tertiary/aromatic N) is 2. The van der Waals surface area contributed by atoms with E-state index < -0.39 is 0 Å². The van der Waals surface area contributed by atoms with Gasteiger partial charge >= 0.3 is 0 Å². The Balaban J connectivity index is 1.42. The van der Waals surface area contributed by atoms with Gasteiger partial charge in [0.2, 0.25) is 12.7 Å². The van der Waals surface area contributed by atoms with Gasteiger partial charge in [-0.2, -0.15) is 0 Å². The minimum atomic E-state index is -0.149. The minimum Gasteiger partial charge on any atom is -0.454 e. The summed E-state index contributed by atoms with van der Waals surface area (Å²) in [5.74, 6) is 1.96. The number of ether oxygens (including phenoxy) is 2. The van der Waals surface area contributed by atoms with Gasteiger partial charge in [-0.25, -0.2) is 4.98 Å². The first-order chi connectivity index (χ1) is 14.7. The topological polar surface area (TPSA) is 65.4 Å². The molecule has 0 saturated heterocycles. The van der Waals surface area contributed by atoms with Crippen LogP contribution >= 0.6 is 11.6 Å². The van der Waals surface area contributed by atoms with E-state index in [1.165, 1.54) is 0 Å². The van der Waals surface area contributed by atoms with Crippen molar-refractivity contribution < 1.29 is 14.3 Å². The molecule has 0 aliphatic carbocycles. The molecule has 4 aromatic rings. The maximum absolute atomic E-state index is 12.8. The molecule has 30 heavy (non-hydrogen) atoms. The fourth-order valence-electron chi connectivity index (χ4n) is 3.58. The summed E-state index contributed by atoms with van der Waals surface area (Å²) in [4.78, 5) is 17.6. The molecule has 1 amide bonds. The first-order valence-electron chi connectivity index (χ1n) is 9.54. The number of aromatic nitrogens is 2. The fourth-order valence-corrected chi connectivity index (χ4v) is 3.80. The Morgan fingerprint density at radius 2 is 1.90 bits per heavy atom. The summed E-state index contributed by atoms with van der Waals surface area (Å²) in [6, 6.07) is 20.8. The molecule has 1 aromatic heterocycles. The molecule has 7 heteroatoms. The molecule has 0 spiro atoms. The zero-order valence-electron chi connectivity index (χ0n) is 16.0. The molecule has 6 nitrogen and oxygen atoms in total. The second-order valence-electron chi connectivity index (χ2n) is 7.03. The third kappa shape index (κ3) is 3.69. The van der Waals surface area contributed by atoms with Crippen LogP contribution in [-0.2, 0) is 17.8 Å². The fraction of sp³-hybridized carbons (Fsp3) is 0.130. The minimum absolute atomic E-state index is 0.144. The normalized spacial score (nSPS) is 12.3. The van der Waals surface area contributed by atoms with Crippen LogP contribution in [0.5, 0.6) is 11.5 Å². The van der Waals surface area contributed by atoms with E-state index in [1.54, 1.807) is 18.2 Å². The lowest BCUT2D eigenvalue weighted by atomic mass is 10.1. The van der Waals surface area contributed by atoms with Gasteiger partial charge in [0.05, 0.1) is 11.0 Å². The van der Waals surface area contributed by atoms with E-state index in [-0.39, 0.29) is 19.2 Å². The number of nitrogens with one attached hydrogen (secondary N) is 1. The monoisotopic (exact) mass is 419 g/mol. The summed E-state index contributed by atoms with van der Waals surface area (Å²) in [7, 11) is 0. The summed E-state index contributed by atoms with van der Waals surface area (Å²) >= 11 is 6.13. The van der Waals surface area contributed by atoms with Crippen LogP contribution in [0.1, 0.15) is 11.4 Å². The van der Waals surface area contributed by atoms with Gasteiger partial charge in [-0.15, -0.1) is 0 Å². The third-order valence-electron chi connectivity index (χ3n) is 4.94. The number of hydrogen-bond acceptors (Lipinski definition) is 4. The average Bonchev–Trinajstić information content (AvgIpc) is 3.32. The summed E-state index contributed by atoms with van der Waals surface area (Å²) < 4.78 is 12.6. The number of hydrogen-bond donors (Lipinski definition) is 1. The number of amides is 1. The molecule has 1 aliphatic rings. The molecule has 1 N–H and O–H groups in total. The quantitative estimate of drug-likeness (QED) is 0.511. The first kappa shape index (κ1) is 18.5. The SMILES string of the molecule is O=C(Cn1c(Cc2cccc(Cl)c2)nc2ccccc21)Nc1ccc2c(c1)OCO2. The first-order valence-corrected chi connectivity index (χ1v) is 9.91. The van der Waals surface area contributed by atoms with Crippen LogP contribution in [0.2, 0.25) is 5.02 Å². The maximum Gasteiger partial charge on any atom is 0.244 e. The van der Waals surface area contributed by atoms with Crippen molar-refractivity contribution in [1.82, 2.24) is 9.55 Å². The van der Waals surface area contributed by atoms with Crippen molar-refractivity contribution in [2.45, 2.75) is 13.0 Å². The summed E-state index contributed by atoms with van der Waals surface area (Å²) in [5.41, 5.74) is 3.46. The van der Waals surface area contributed by atoms with E-state index >= 15 is 0 Å². The number of para-hydroxylation sites is 2. The Morgan fingerprint density at radius 3 is 2.80 bits per heavy atom. The van der Waals surface area contributed by atoms with Crippen molar-refractivity contribution in [3.8, 4) is 11.5 Å². The van der Waals surface area contributed by atoms with E-state index in [2.05, 4.69) is 5.32 Å². The zero-order chi connectivity index (χ0) is 20.5. The number of fused-ring (bicyclic) bond motifs is 2. The van der Waals surface area contributed by atoms with E-state index in [4.69, 9.17) is 26.1 Å². The van der Waals surface area contributed by atoms with Crippen LogP contribution in [-0.4, -0.2) is 22.3 Å². The number of carbonyl (C=O) groups is 1. The highest BCUT2D eigenvalue weighted by molar-refractivity contribution is 6.30. The highest BCUT2D eigenvalue weighted by Crippen LogP contribution is 2.34. The van der Waals surface area contributed by atoms with Gasteiger partial charge in [0.25, 0.3) is 0 Å². The highest BCUT2D eigenvalue weighted by Gasteiger charge is 2.17. The van der Waals surface area contributed by atoms with Crippen LogP contribution < -0.4 is 14.8 Å². The Morgan fingerprint density at radius 1 is 1.03 bits per heavy atom. The Hall–Kier alpha value is -3.51. The smallest absolute Gasteiger partial charge is 0.244 e. The van der Waals surface area contributed by atoms with Crippen LogP contribution in [0.3, 0.4) is 0 Å². The van der Waals surface area contributed by atoms with E-state index in [0.29, 0.717) is 28.6 Å². The second-order valence-corrected chi connectivity index (χ2v) is 7.46. The van der Waals surface area contributed by atoms with Crippen molar-refractivity contribution >= 4 is 34.2 Å². The molecule has 5 rings (SSSR count). The Bertz CT molecular complexity index is 1250. The number of anilines is 1. The molecule has 0 fully saturated rings. The van der Waals surface area contributed by atoms with Crippen molar-refractivity contribution in [2.75, 3.05) is 12.1 Å². The van der Waals surface area contributed by atoms with Crippen molar-refractivity contribution in [2.24, 2.45) is 0 Å². The van der Waals surface area contributed by atoms with Gasteiger partial charge in [0.15, 0.2) is 11.5 Å². The Kier molecular flexibility index (Phi) is 4.77. The molecule has 0 atom stereocenters. The molecule has 0 radical (unpaired) electrons. The van der Waals surface area contributed by atoms with E-state index in [0.717, 1.165) is 22.4 Å². The van der Waals surface area contributed by atoms with Gasteiger partial charge in [-0.3, -0.25) is 4.79 Å². The molecule has 0 saturated carbocycles. The van der Waals surface area contributed by atoms with Crippen LogP contribution in [0.25, 0.3) is 11.0 Å². The summed E-state index contributed by atoms with van der Waals surface area (Å²) in [6.07, 6.45) is 0.576. The van der Waals surface area contributed by atoms with Crippen molar-refractivity contribution in [3.05, 3.63) is 83.1 Å². The standard InChI is InChI=1S/C23H18ClN3O3/c24-16-5-3-4-15(10-16)11-22-26-18-6-1-2-7-19(18)27(22)13-23(28)25-17-8-9-20-21(12-17)30-14-29-20/h1-10,12H,11,13-14H2,(H,25,28). The number of rotatable bonds is 5. The molecule has 0 bridgehead atoms. The second kappa shape index (κ2) is 7.72. The molecule has 3 aromatic carbocycles. The third-order valence-corrected chi connectivity index (χ3v) is 5.18. The Labute approximate surface area is 178 Å². The summed E-state index contributed by atoms with van der Waals surface area (Å²) in [6.45, 7) is 0.339. The van der Waals surface area contributed by atoms with Crippen LogP contribution in [0.4, 0.5) is 5.69 Å². The number of carbonyl (C=O) groups excluding carboxylic acids is 1. The highest BCUT2D eigenvalue weighted by atomic mass is 35.5. The maximum atomic E-state index is 12.8. The lowest BCUT2D eigenvalue weighted by Gasteiger charge is -2.11. The van der Waals surface area contributed by atoms with Gasteiger partial charge in [-0.1, -0.05) is 35.9 Å².